The minimum Gasteiger partial charge on any atom is -0.353 e. The molecule has 1 aliphatic carbocycles. The average molecular weight is 258 g/mol. The van der Waals surface area contributed by atoms with Crippen LogP contribution in [0.5, 0.6) is 0 Å². The summed E-state index contributed by atoms with van der Waals surface area (Å²) < 4.78 is 0. The molecule has 0 spiro atoms. The van der Waals surface area contributed by atoms with E-state index >= 15 is 0 Å². The summed E-state index contributed by atoms with van der Waals surface area (Å²) in [6.45, 7) is 6.07. The number of rotatable bonds is 5. The van der Waals surface area contributed by atoms with Gasteiger partial charge in [0.2, 0.25) is 5.91 Å². The molecule has 0 heterocycles. The summed E-state index contributed by atoms with van der Waals surface area (Å²) in [6.07, 6.45) is 5.30. The van der Waals surface area contributed by atoms with E-state index in [-0.39, 0.29) is 11.8 Å². The predicted molar refractivity (Wildman–Crippen MR) is 78.7 cm³/mol. The van der Waals surface area contributed by atoms with Crippen molar-refractivity contribution in [2.75, 3.05) is 0 Å². The number of benzene rings is 1. The van der Waals surface area contributed by atoms with Gasteiger partial charge >= 0.3 is 0 Å². The van der Waals surface area contributed by atoms with E-state index in [9.17, 15) is 4.79 Å². The number of nitrogens with one attached hydrogen (secondary N) is 1. The smallest absolute Gasteiger partial charge is 0.227 e. The van der Waals surface area contributed by atoms with Gasteiger partial charge < -0.3 is 5.32 Å². The average Bonchev–Trinajstić information content (AvgIpc) is 2.88. The van der Waals surface area contributed by atoms with E-state index in [1.54, 1.807) is 0 Å². The molecule has 3 unspecified atom stereocenters. The molecular formula is C17H24NO. The SMILES string of the molecule is [CH2]CC1CCCC1NC(=O)C(CC)c1ccccc1. The van der Waals surface area contributed by atoms with E-state index < -0.39 is 0 Å². The van der Waals surface area contributed by atoms with Crippen molar-refractivity contribution < 1.29 is 4.79 Å². The lowest BCUT2D eigenvalue weighted by Crippen LogP contribution is -2.39. The Morgan fingerprint density at radius 2 is 2.11 bits per heavy atom. The summed E-state index contributed by atoms with van der Waals surface area (Å²) in [5.41, 5.74) is 1.12. The highest BCUT2D eigenvalue weighted by Gasteiger charge is 2.29. The van der Waals surface area contributed by atoms with Gasteiger partial charge in [-0.25, -0.2) is 0 Å². The van der Waals surface area contributed by atoms with Gasteiger partial charge in [-0.05, 0) is 37.2 Å². The van der Waals surface area contributed by atoms with Crippen LogP contribution in [0, 0.1) is 12.8 Å². The van der Waals surface area contributed by atoms with Crippen molar-refractivity contribution in [2.45, 2.75) is 51.0 Å². The molecule has 2 rings (SSSR count). The van der Waals surface area contributed by atoms with Crippen LogP contribution in [-0.4, -0.2) is 11.9 Å². The molecule has 2 heteroatoms. The zero-order chi connectivity index (χ0) is 13.7. The molecule has 0 bridgehead atoms. The van der Waals surface area contributed by atoms with E-state index in [0.717, 1.165) is 24.8 Å². The fourth-order valence-corrected chi connectivity index (χ4v) is 3.11. The highest BCUT2D eigenvalue weighted by Crippen LogP contribution is 2.29. The third kappa shape index (κ3) is 3.37. The number of hydrogen-bond donors (Lipinski definition) is 1. The zero-order valence-electron chi connectivity index (χ0n) is 11.8. The molecular weight excluding hydrogens is 234 g/mol. The highest BCUT2D eigenvalue weighted by molar-refractivity contribution is 5.83. The molecule has 1 amide bonds. The quantitative estimate of drug-likeness (QED) is 0.857. The lowest BCUT2D eigenvalue weighted by atomic mass is 9.94. The van der Waals surface area contributed by atoms with Gasteiger partial charge in [0.25, 0.3) is 0 Å². The highest BCUT2D eigenvalue weighted by atomic mass is 16.1. The molecule has 1 aliphatic rings. The maximum Gasteiger partial charge on any atom is 0.227 e. The lowest BCUT2D eigenvalue weighted by molar-refractivity contribution is -0.123. The molecule has 1 radical (unpaired) electrons. The van der Waals surface area contributed by atoms with Crippen LogP contribution >= 0.6 is 0 Å². The van der Waals surface area contributed by atoms with Crippen LogP contribution in [0.1, 0.15) is 50.5 Å². The molecule has 0 saturated heterocycles. The van der Waals surface area contributed by atoms with E-state index in [1.807, 2.05) is 30.3 Å². The van der Waals surface area contributed by atoms with E-state index in [1.165, 1.54) is 12.8 Å². The summed E-state index contributed by atoms with van der Waals surface area (Å²) in [7, 11) is 0. The maximum atomic E-state index is 12.5. The fourth-order valence-electron chi connectivity index (χ4n) is 3.11. The van der Waals surface area contributed by atoms with Crippen LogP contribution in [0.25, 0.3) is 0 Å². The molecule has 1 aromatic rings. The summed E-state index contributed by atoms with van der Waals surface area (Å²) in [5.74, 6) is 0.726. The lowest BCUT2D eigenvalue weighted by Gasteiger charge is -2.23. The van der Waals surface area contributed by atoms with Crippen LogP contribution in [0.4, 0.5) is 0 Å². The second kappa shape index (κ2) is 6.74. The number of amides is 1. The summed E-state index contributed by atoms with van der Waals surface area (Å²) >= 11 is 0. The monoisotopic (exact) mass is 258 g/mol. The normalized spacial score (nSPS) is 24.1. The molecule has 0 aromatic heterocycles. The van der Waals surface area contributed by atoms with Gasteiger partial charge in [-0.3, -0.25) is 4.79 Å². The molecule has 2 nitrogen and oxygen atoms in total. The van der Waals surface area contributed by atoms with Crippen molar-refractivity contribution in [3.8, 4) is 0 Å². The van der Waals surface area contributed by atoms with Gasteiger partial charge in [-0.15, -0.1) is 0 Å². The topological polar surface area (TPSA) is 29.1 Å². The molecule has 1 aromatic carbocycles. The van der Waals surface area contributed by atoms with Crippen LogP contribution in [0.3, 0.4) is 0 Å². The number of carbonyl (C=O) groups excluding carboxylic acids is 1. The minimum atomic E-state index is -0.0211. The Balaban J connectivity index is 2.01. The number of hydrogen-bond acceptors (Lipinski definition) is 1. The Morgan fingerprint density at radius 3 is 2.74 bits per heavy atom. The third-order valence-electron chi connectivity index (χ3n) is 4.28. The van der Waals surface area contributed by atoms with Gasteiger partial charge in [-0.1, -0.05) is 50.6 Å². The van der Waals surface area contributed by atoms with Crippen LogP contribution in [0.15, 0.2) is 30.3 Å². The molecule has 19 heavy (non-hydrogen) atoms. The standard InChI is InChI=1S/C17H24NO/c1-3-13-11-8-12-16(13)18-17(19)15(4-2)14-9-6-5-7-10-14/h5-7,9-10,13,15-16H,1,3-4,8,11-12H2,2H3,(H,18,19). The molecule has 103 valence electrons. The van der Waals surface area contributed by atoms with Crippen molar-refractivity contribution >= 4 is 5.91 Å². The zero-order valence-corrected chi connectivity index (χ0v) is 11.8. The second-order valence-electron chi connectivity index (χ2n) is 5.47. The first-order valence-electron chi connectivity index (χ1n) is 7.40. The Kier molecular flexibility index (Phi) is 5.00. The maximum absolute atomic E-state index is 12.5. The van der Waals surface area contributed by atoms with Crippen molar-refractivity contribution in [1.29, 1.82) is 0 Å². The van der Waals surface area contributed by atoms with E-state index in [0.29, 0.717) is 12.0 Å². The Morgan fingerprint density at radius 1 is 1.37 bits per heavy atom. The molecule has 1 fully saturated rings. The Hall–Kier alpha value is -1.31. The van der Waals surface area contributed by atoms with Gasteiger partial charge in [0.15, 0.2) is 0 Å². The fraction of sp³-hybridized carbons (Fsp3) is 0.529. The molecule has 3 atom stereocenters. The first kappa shape index (κ1) is 14.1. The second-order valence-corrected chi connectivity index (χ2v) is 5.47. The van der Waals surface area contributed by atoms with Crippen LogP contribution < -0.4 is 5.32 Å². The Bertz CT molecular complexity index is 401. The van der Waals surface area contributed by atoms with Gasteiger partial charge in [0.1, 0.15) is 0 Å². The molecule has 1 saturated carbocycles. The summed E-state index contributed by atoms with van der Waals surface area (Å²) in [4.78, 5) is 12.5. The Labute approximate surface area is 116 Å². The minimum absolute atomic E-state index is 0.0211. The first-order valence-corrected chi connectivity index (χ1v) is 7.40. The molecule has 0 aliphatic heterocycles. The van der Waals surface area contributed by atoms with Crippen molar-refractivity contribution in [3.05, 3.63) is 42.8 Å². The molecule has 1 N–H and O–H groups in total. The van der Waals surface area contributed by atoms with Gasteiger partial charge in [0.05, 0.1) is 5.92 Å². The number of carbonyl (C=O) groups is 1. The largest absolute Gasteiger partial charge is 0.353 e. The van der Waals surface area contributed by atoms with E-state index in [2.05, 4.69) is 19.2 Å². The van der Waals surface area contributed by atoms with Gasteiger partial charge in [-0.2, -0.15) is 0 Å². The van der Waals surface area contributed by atoms with Crippen molar-refractivity contribution in [1.82, 2.24) is 5.32 Å². The third-order valence-corrected chi connectivity index (χ3v) is 4.28. The van der Waals surface area contributed by atoms with Crippen molar-refractivity contribution in [3.63, 3.8) is 0 Å². The van der Waals surface area contributed by atoms with Crippen LogP contribution in [-0.2, 0) is 4.79 Å². The van der Waals surface area contributed by atoms with Crippen LogP contribution in [0.2, 0.25) is 0 Å². The summed E-state index contributed by atoms with van der Waals surface area (Å²) in [6, 6.07) is 10.4. The first-order chi connectivity index (χ1) is 9.26. The van der Waals surface area contributed by atoms with Crippen molar-refractivity contribution in [2.24, 2.45) is 5.92 Å². The predicted octanol–water partition coefficient (Wildman–Crippen LogP) is 3.69. The van der Waals surface area contributed by atoms with Gasteiger partial charge in [0, 0.05) is 6.04 Å². The summed E-state index contributed by atoms with van der Waals surface area (Å²) in [5, 5.41) is 3.25. The van der Waals surface area contributed by atoms with E-state index in [4.69, 9.17) is 0 Å².